The first-order valence-electron chi connectivity index (χ1n) is 6.70. The number of nitro groups is 1. The van der Waals surface area contributed by atoms with Crippen molar-refractivity contribution in [3.63, 3.8) is 0 Å². The first kappa shape index (κ1) is 15.7. The van der Waals surface area contributed by atoms with E-state index in [0.29, 0.717) is 13.2 Å². The Bertz CT molecular complexity index is 581. The van der Waals surface area contributed by atoms with Gasteiger partial charge in [-0.1, -0.05) is 40.2 Å². The number of non-ortho nitro benzene ring substituents is 1. The average Bonchev–Trinajstić information content (AvgIpc) is 2.49. The second-order valence-electron chi connectivity index (χ2n) is 4.71. The van der Waals surface area contributed by atoms with E-state index < -0.39 is 0 Å². The summed E-state index contributed by atoms with van der Waals surface area (Å²) < 4.78 is 6.68. The highest BCUT2D eigenvalue weighted by molar-refractivity contribution is 9.10. The maximum atomic E-state index is 10.5. The first-order valence-corrected chi connectivity index (χ1v) is 7.50. The van der Waals surface area contributed by atoms with Crippen LogP contribution in [0.3, 0.4) is 0 Å². The zero-order valence-electron chi connectivity index (χ0n) is 11.5. The SMILES string of the molecule is O=[N+]([O-])c1ccc(CCCOCc2ccc(Br)cc2)cc1. The van der Waals surface area contributed by atoms with E-state index in [2.05, 4.69) is 15.9 Å². The van der Waals surface area contributed by atoms with Crippen molar-refractivity contribution >= 4 is 21.6 Å². The van der Waals surface area contributed by atoms with Crippen LogP contribution in [0.1, 0.15) is 17.5 Å². The van der Waals surface area contributed by atoms with E-state index in [1.54, 1.807) is 12.1 Å². The van der Waals surface area contributed by atoms with Gasteiger partial charge in [-0.05, 0) is 36.1 Å². The summed E-state index contributed by atoms with van der Waals surface area (Å²) in [5.41, 5.74) is 2.37. The van der Waals surface area contributed by atoms with Crippen LogP contribution in [0.15, 0.2) is 53.0 Å². The lowest BCUT2D eigenvalue weighted by atomic mass is 10.1. The van der Waals surface area contributed by atoms with Gasteiger partial charge in [0.25, 0.3) is 5.69 Å². The standard InChI is InChI=1S/C16H16BrNO3/c17-15-7-3-14(4-8-15)12-21-11-1-2-13-5-9-16(10-6-13)18(19)20/h3-10H,1-2,11-12H2. The van der Waals surface area contributed by atoms with Crippen molar-refractivity contribution in [2.45, 2.75) is 19.4 Å². The second kappa shape index (κ2) is 7.90. The molecule has 0 N–H and O–H groups in total. The number of nitro benzene ring substituents is 1. The van der Waals surface area contributed by atoms with Crippen molar-refractivity contribution < 1.29 is 9.66 Å². The van der Waals surface area contributed by atoms with Crippen LogP contribution < -0.4 is 0 Å². The molecule has 0 fully saturated rings. The summed E-state index contributed by atoms with van der Waals surface area (Å²) in [6.07, 6.45) is 1.76. The van der Waals surface area contributed by atoms with Crippen LogP contribution in [0.25, 0.3) is 0 Å². The Morgan fingerprint density at radius 1 is 1.00 bits per heavy atom. The quantitative estimate of drug-likeness (QED) is 0.419. The Labute approximate surface area is 132 Å². The predicted octanol–water partition coefficient (Wildman–Crippen LogP) is 4.51. The molecule has 4 nitrogen and oxygen atoms in total. The molecule has 0 unspecified atom stereocenters. The number of hydrogen-bond donors (Lipinski definition) is 0. The zero-order chi connectivity index (χ0) is 15.1. The minimum Gasteiger partial charge on any atom is -0.377 e. The largest absolute Gasteiger partial charge is 0.377 e. The summed E-state index contributed by atoms with van der Waals surface area (Å²) in [4.78, 5) is 10.2. The minimum atomic E-state index is -0.384. The molecule has 0 heterocycles. The molecule has 0 aliphatic carbocycles. The molecule has 0 aliphatic rings. The van der Waals surface area contributed by atoms with Crippen LogP contribution in [-0.2, 0) is 17.8 Å². The molecule has 0 amide bonds. The molecule has 2 aromatic carbocycles. The molecule has 21 heavy (non-hydrogen) atoms. The smallest absolute Gasteiger partial charge is 0.269 e. The Morgan fingerprint density at radius 3 is 2.24 bits per heavy atom. The molecule has 2 rings (SSSR count). The summed E-state index contributed by atoms with van der Waals surface area (Å²) in [6.45, 7) is 1.28. The van der Waals surface area contributed by atoms with E-state index >= 15 is 0 Å². The summed E-state index contributed by atoms with van der Waals surface area (Å²) in [5.74, 6) is 0. The van der Waals surface area contributed by atoms with Gasteiger partial charge in [-0.25, -0.2) is 0 Å². The number of rotatable bonds is 7. The molecule has 0 aliphatic heterocycles. The van der Waals surface area contributed by atoms with Crippen LogP contribution >= 0.6 is 15.9 Å². The van der Waals surface area contributed by atoms with Gasteiger partial charge in [0, 0.05) is 23.2 Å². The summed E-state index contributed by atoms with van der Waals surface area (Å²) in [6, 6.07) is 14.7. The number of ether oxygens (including phenoxy) is 1. The molecule has 110 valence electrons. The first-order chi connectivity index (χ1) is 10.1. The van der Waals surface area contributed by atoms with E-state index in [1.165, 1.54) is 12.1 Å². The Hall–Kier alpha value is -1.72. The number of halogens is 1. The van der Waals surface area contributed by atoms with Crippen LogP contribution in [0.2, 0.25) is 0 Å². The number of hydrogen-bond acceptors (Lipinski definition) is 3. The molecule has 0 bridgehead atoms. The van der Waals surface area contributed by atoms with Gasteiger partial charge in [0.1, 0.15) is 0 Å². The molecular weight excluding hydrogens is 334 g/mol. The average molecular weight is 350 g/mol. The van der Waals surface area contributed by atoms with Crippen LogP contribution in [0, 0.1) is 10.1 Å². The van der Waals surface area contributed by atoms with Gasteiger partial charge in [0.2, 0.25) is 0 Å². The Kier molecular flexibility index (Phi) is 5.90. The fraction of sp³-hybridized carbons (Fsp3) is 0.250. The molecule has 0 saturated carbocycles. The highest BCUT2D eigenvalue weighted by atomic mass is 79.9. The summed E-state index contributed by atoms with van der Waals surface area (Å²) >= 11 is 3.40. The molecular formula is C16H16BrNO3. The zero-order valence-corrected chi connectivity index (χ0v) is 13.1. The van der Waals surface area contributed by atoms with Crippen molar-refractivity contribution in [3.05, 3.63) is 74.2 Å². The topological polar surface area (TPSA) is 52.4 Å². The van der Waals surface area contributed by atoms with E-state index in [4.69, 9.17) is 4.74 Å². The Balaban J connectivity index is 1.67. The highest BCUT2D eigenvalue weighted by Gasteiger charge is 2.03. The number of benzene rings is 2. The van der Waals surface area contributed by atoms with E-state index in [0.717, 1.165) is 28.4 Å². The van der Waals surface area contributed by atoms with Gasteiger partial charge in [0.15, 0.2) is 0 Å². The maximum Gasteiger partial charge on any atom is 0.269 e. The molecule has 0 aromatic heterocycles. The third-order valence-electron chi connectivity index (χ3n) is 3.08. The van der Waals surface area contributed by atoms with Crippen molar-refractivity contribution in [2.75, 3.05) is 6.61 Å². The molecule has 0 radical (unpaired) electrons. The monoisotopic (exact) mass is 349 g/mol. The normalized spacial score (nSPS) is 10.5. The summed E-state index contributed by atoms with van der Waals surface area (Å²) in [5, 5.41) is 10.5. The number of nitrogens with zero attached hydrogens (tertiary/aromatic N) is 1. The van der Waals surface area contributed by atoms with E-state index in [-0.39, 0.29) is 10.6 Å². The van der Waals surface area contributed by atoms with Gasteiger partial charge in [0.05, 0.1) is 11.5 Å². The molecule has 0 saturated heterocycles. The van der Waals surface area contributed by atoms with Gasteiger partial charge in [-0.3, -0.25) is 10.1 Å². The molecule has 2 aromatic rings. The van der Waals surface area contributed by atoms with Gasteiger partial charge < -0.3 is 4.74 Å². The van der Waals surface area contributed by atoms with Crippen LogP contribution in [0.4, 0.5) is 5.69 Å². The maximum absolute atomic E-state index is 10.5. The third kappa shape index (κ3) is 5.28. The van der Waals surface area contributed by atoms with E-state index in [1.807, 2.05) is 24.3 Å². The number of aryl methyl sites for hydroxylation is 1. The highest BCUT2D eigenvalue weighted by Crippen LogP contribution is 2.14. The van der Waals surface area contributed by atoms with Crippen LogP contribution in [0.5, 0.6) is 0 Å². The van der Waals surface area contributed by atoms with Gasteiger partial charge in [-0.2, -0.15) is 0 Å². The van der Waals surface area contributed by atoms with Crippen molar-refractivity contribution in [1.82, 2.24) is 0 Å². The third-order valence-corrected chi connectivity index (χ3v) is 3.61. The van der Waals surface area contributed by atoms with E-state index in [9.17, 15) is 10.1 Å². The molecule has 5 heteroatoms. The molecule has 0 spiro atoms. The van der Waals surface area contributed by atoms with Crippen LogP contribution in [-0.4, -0.2) is 11.5 Å². The van der Waals surface area contributed by atoms with Gasteiger partial charge in [-0.15, -0.1) is 0 Å². The summed E-state index contributed by atoms with van der Waals surface area (Å²) in [7, 11) is 0. The fourth-order valence-corrected chi connectivity index (χ4v) is 2.20. The van der Waals surface area contributed by atoms with Crippen molar-refractivity contribution in [2.24, 2.45) is 0 Å². The molecule has 0 atom stereocenters. The minimum absolute atomic E-state index is 0.130. The lowest BCUT2D eigenvalue weighted by molar-refractivity contribution is -0.384. The lowest BCUT2D eigenvalue weighted by Gasteiger charge is -2.05. The fourth-order valence-electron chi connectivity index (χ4n) is 1.93. The van der Waals surface area contributed by atoms with Gasteiger partial charge >= 0.3 is 0 Å². The predicted molar refractivity (Wildman–Crippen MR) is 85.2 cm³/mol. The second-order valence-corrected chi connectivity index (χ2v) is 5.62. The lowest BCUT2D eigenvalue weighted by Crippen LogP contribution is -1.97. The Morgan fingerprint density at radius 2 is 1.62 bits per heavy atom. The van der Waals surface area contributed by atoms with Crippen molar-refractivity contribution in [3.8, 4) is 0 Å². The van der Waals surface area contributed by atoms with Crippen molar-refractivity contribution in [1.29, 1.82) is 0 Å².